The predicted octanol–water partition coefficient (Wildman–Crippen LogP) is 5.23. The van der Waals surface area contributed by atoms with E-state index in [-0.39, 0.29) is 18.3 Å². The third-order valence-electron chi connectivity index (χ3n) is 5.17. The van der Waals surface area contributed by atoms with Crippen LogP contribution in [0.5, 0.6) is 0 Å². The van der Waals surface area contributed by atoms with Crippen LogP contribution in [0.4, 0.5) is 4.39 Å². The lowest BCUT2D eigenvalue weighted by Crippen LogP contribution is -2.46. The van der Waals surface area contributed by atoms with Crippen LogP contribution in [0.15, 0.2) is 42.5 Å². The minimum absolute atomic E-state index is 0.247. The van der Waals surface area contributed by atoms with Gasteiger partial charge in [0.15, 0.2) is 0 Å². The summed E-state index contributed by atoms with van der Waals surface area (Å²) in [6.45, 7) is 0.247. The molecule has 0 spiro atoms. The fourth-order valence-electron chi connectivity index (χ4n) is 3.76. The quantitative estimate of drug-likeness (QED) is 0.710. The summed E-state index contributed by atoms with van der Waals surface area (Å²) in [6.07, 6.45) is 3.86. The molecule has 1 atom stereocenters. The number of rotatable bonds is 5. The van der Waals surface area contributed by atoms with E-state index in [4.69, 9.17) is 23.2 Å². The van der Waals surface area contributed by atoms with E-state index in [0.717, 1.165) is 24.8 Å². The topological polar surface area (TPSA) is 49.3 Å². The Labute approximate surface area is 168 Å². The van der Waals surface area contributed by atoms with Gasteiger partial charge in [-0.1, -0.05) is 60.7 Å². The summed E-state index contributed by atoms with van der Waals surface area (Å²) in [5.74, 6) is -1.41. The van der Waals surface area contributed by atoms with E-state index in [1.54, 1.807) is 30.3 Å². The lowest BCUT2D eigenvalue weighted by molar-refractivity contribution is -0.131. The molecule has 27 heavy (non-hydrogen) atoms. The second kappa shape index (κ2) is 8.59. The lowest BCUT2D eigenvalue weighted by atomic mass is 9.72. The van der Waals surface area contributed by atoms with Gasteiger partial charge in [-0.25, -0.2) is 4.39 Å². The van der Waals surface area contributed by atoms with Crippen molar-refractivity contribution in [3.8, 4) is 0 Å². The molecule has 1 saturated carbocycles. The van der Waals surface area contributed by atoms with Crippen LogP contribution in [0.1, 0.15) is 49.1 Å². The first kappa shape index (κ1) is 20.1. The summed E-state index contributed by atoms with van der Waals surface area (Å²) < 4.78 is 13.1. The lowest BCUT2D eigenvalue weighted by Gasteiger charge is -2.39. The molecule has 3 rings (SSSR count). The smallest absolute Gasteiger partial charge is 0.230 e. The first-order chi connectivity index (χ1) is 12.9. The Morgan fingerprint density at radius 3 is 2.41 bits per heavy atom. The molecule has 2 aromatic rings. The van der Waals surface area contributed by atoms with Crippen molar-refractivity contribution in [2.24, 2.45) is 0 Å². The maximum atomic E-state index is 13.1. The molecule has 3 nitrogen and oxygen atoms in total. The van der Waals surface area contributed by atoms with Gasteiger partial charge in [0.1, 0.15) is 5.82 Å². The molecular formula is C21H22Cl2FNO2. The van der Waals surface area contributed by atoms with Crippen molar-refractivity contribution in [1.29, 1.82) is 0 Å². The molecule has 0 radical (unpaired) electrons. The van der Waals surface area contributed by atoms with Crippen LogP contribution < -0.4 is 5.32 Å². The minimum Gasteiger partial charge on any atom is -0.389 e. The number of carbonyl (C=O) groups excluding carboxylic acids is 1. The number of carbonyl (C=O) groups is 1. The van der Waals surface area contributed by atoms with Crippen molar-refractivity contribution in [3.05, 3.63) is 69.5 Å². The molecule has 0 saturated heterocycles. The normalized spacial score (nSPS) is 17.3. The van der Waals surface area contributed by atoms with Gasteiger partial charge in [0.25, 0.3) is 0 Å². The fourth-order valence-corrected chi connectivity index (χ4v) is 4.27. The average molecular weight is 410 g/mol. The standard InChI is InChI=1S/C21H22Cl2FNO2/c22-15-6-9-17(18(23)12-15)19(21(27)10-2-1-3-11-21)20(26)25-13-14-4-7-16(24)8-5-14/h4-9,12,19,27H,1-3,10-11,13H2,(H,25,26). The molecule has 0 aliphatic heterocycles. The second-order valence-corrected chi connectivity index (χ2v) is 7.95. The van der Waals surface area contributed by atoms with E-state index < -0.39 is 11.5 Å². The van der Waals surface area contributed by atoms with Crippen LogP contribution in [0, 0.1) is 5.82 Å². The number of hydrogen-bond acceptors (Lipinski definition) is 2. The van der Waals surface area contributed by atoms with Crippen LogP contribution in [0.3, 0.4) is 0 Å². The monoisotopic (exact) mass is 409 g/mol. The zero-order chi connectivity index (χ0) is 19.4. The summed E-state index contributed by atoms with van der Waals surface area (Å²) in [6, 6.07) is 10.9. The average Bonchev–Trinajstić information content (AvgIpc) is 2.64. The van der Waals surface area contributed by atoms with Crippen LogP contribution in [0.2, 0.25) is 10.0 Å². The Kier molecular flexibility index (Phi) is 6.40. The summed E-state index contributed by atoms with van der Waals surface area (Å²) in [5, 5.41) is 15.0. The van der Waals surface area contributed by atoms with E-state index in [1.165, 1.54) is 12.1 Å². The highest BCUT2D eigenvalue weighted by Gasteiger charge is 2.43. The first-order valence-corrected chi connectivity index (χ1v) is 9.84. The maximum absolute atomic E-state index is 13.1. The van der Waals surface area contributed by atoms with E-state index in [1.807, 2.05) is 0 Å². The van der Waals surface area contributed by atoms with Gasteiger partial charge >= 0.3 is 0 Å². The molecule has 1 aliphatic carbocycles. The molecule has 2 N–H and O–H groups in total. The first-order valence-electron chi connectivity index (χ1n) is 9.08. The molecule has 6 heteroatoms. The summed E-state index contributed by atoms with van der Waals surface area (Å²) in [4.78, 5) is 13.1. The van der Waals surface area contributed by atoms with Gasteiger partial charge in [0, 0.05) is 16.6 Å². The Hall–Kier alpha value is -1.62. The summed E-state index contributed by atoms with van der Waals surface area (Å²) in [7, 11) is 0. The van der Waals surface area contributed by atoms with Gasteiger partial charge in [-0.2, -0.15) is 0 Å². The minimum atomic E-state index is -1.15. The second-order valence-electron chi connectivity index (χ2n) is 7.11. The van der Waals surface area contributed by atoms with Gasteiger partial charge in [-0.3, -0.25) is 4.79 Å². The molecule has 0 aromatic heterocycles. The van der Waals surface area contributed by atoms with Crippen molar-refractivity contribution in [3.63, 3.8) is 0 Å². The number of aliphatic hydroxyl groups is 1. The molecule has 144 valence electrons. The van der Waals surface area contributed by atoms with Gasteiger partial charge in [-0.15, -0.1) is 0 Å². The molecule has 0 bridgehead atoms. The van der Waals surface area contributed by atoms with Crippen molar-refractivity contribution in [1.82, 2.24) is 5.32 Å². The van der Waals surface area contributed by atoms with E-state index in [2.05, 4.69) is 5.32 Å². The maximum Gasteiger partial charge on any atom is 0.230 e. The molecule has 1 amide bonds. The number of benzene rings is 2. The van der Waals surface area contributed by atoms with Crippen LogP contribution >= 0.6 is 23.2 Å². The number of amides is 1. The SMILES string of the molecule is O=C(NCc1ccc(F)cc1)C(c1ccc(Cl)cc1Cl)C1(O)CCCCC1. The Balaban J connectivity index is 1.86. The molecule has 2 aromatic carbocycles. The number of hydrogen-bond donors (Lipinski definition) is 2. The third kappa shape index (κ3) is 4.81. The van der Waals surface area contributed by atoms with Crippen LogP contribution in [-0.2, 0) is 11.3 Å². The van der Waals surface area contributed by atoms with E-state index in [9.17, 15) is 14.3 Å². The van der Waals surface area contributed by atoms with Crippen LogP contribution in [0.25, 0.3) is 0 Å². The van der Waals surface area contributed by atoms with E-state index >= 15 is 0 Å². The van der Waals surface area contributed by atoms with Crippen molar-refractivity contribution in [2.45, 2.75) is 50.2 Å². The number of nitrogens with one attached hydrogen (secondary N) is 1. The van der Waals surface area contributed by atoms with Crippen molar-refractivity contribution < 1.29 is 14.3 Å². The summed E-state index contributed by atoms with van der Waals surface area (Å²) >= 11 is 12.4. The zero-order valence-electron chi connectivity index (χ0n) is 14.9. The van der Waals surface area contributed by atoms with Crippen molar-refractivity contribution >= 4 is 29.1 Å². The largest absolute Gasteiger partial charge is 0.389 e. The molecule has 0 heterocycles. The molecular weight excluding hydrogens is 388 g/mol. The molecule has 1 fully saturated rings. The van der Waals surface area contributed by atoms with E-state index in [0.29, 0.717) is 28.5 Å². The Morgan fingerprint density at radius 2 is 1.78 bits per heavy atom. The zero-order valence-corrected chi connectivity index (χ0v) is 16.4. The van der Waals surface area contributed by atoms with Gasteiger partial charge in [0.2, 0.25) is 5.91 Å². The third-order valence-corrected chi connectivity index (χ3v) is 5.73. The Morgan fingerprint density at radius 1 is 1.11 bits per heavy atom. The van der Waals surface area contributed by atoms with Gasteiger partial charge in [0.05, 0.1) is 11.5 Å². The van der Waals surface area contributed by atoms with Crippen molar-refractivity contribution in [2.75, 3.05) is 0 Å². The van der Waals surface area contributed by atoms with Gasteiger partial charge in [-0.05, 0) is 48.2 Å². The highest BCUT2D eigenvalue weighted by Crippen LogP contribution is 2.42. The molecule has 1 aliphatic rings. The fraction of sp³-hybridized carbons (Fsp3) is 0.381. The number of halogens is 3. The predicted molar refractivity (Wildman–Crippen MR) is 105 cm³/mol. The Bertz CT molecular complexity index is 804. The van der Waals surface area contributed by atoms with Gasteiger partial charge < -0.3 is 10.4 Å². The van der Waals surface area contributed by atoms with Crippen LogP contribution in [-0.4, -0.2) is 16.6 Å². The summed E-state index contributed by atoms with van der Waals surface area (Å²) in [5.41, 5.74) is 0.200. The highest BCUT2D eigenvalue weighted by atomic mass is 35.5. The highest BCUT2D eigenvalue weighted by molar-refractivity contribution is 6.35. The molecule has 1 unspecified atom stereocenters.